The Hall–Kier alpha value is -0.850. The Morgan fingerprint density at radius 1 is 0.389 bits per heavy atom. The van der Waals surface area contributed by atoms with Gasteiger partial charge >= 0.3 is 5.97 Å². The highest BCUT2D eigenvalue weighted by molar-refractivity contribution is 5.65. The SMILES string of the molecule is CCCCCCCCOCCOCCOCCOCCOCCOCCOCCOCCOC(C)=O. The Balaban J connectivity index is 3.02. The van der Waals surface area contributed by atoms with Crippen LogP contribution in [0.3, 0.4) is 0 Å². The Morgan fingerprint density at radius 3 is 1.00 bits per heavy atom. The summed E-state index contributed by atoms with van der Waals surface area (Å²) in [4.78, 5) is 10.6. The van der Waals surface area contributed by atoms with E-state index in [0.29, 0.717) is 99.1 Å². The average Bonchev–Trinajstić information content (AvgIpc) is 2.87. The number of unbranched alkanes of at least 4 members (excludes halogenated alkanes) is 5. The average molecular weight is 525 g/mol. The van der Waals surface area contributed by atoms with Gasteiger partial charge in [-0.3, -0.25) is 4.79 Å². The number of carbonyl (C=O) groups is 1. The molecule has 0 heterocycles. The van der Waals surface area contributed by atoms with Gasteiger partial charge in [-0.2, -0.15) is 0 Å². The molecule has 0 aromatic rings. The van der Waals surface area contributed by atoms with Crippen molar-refractivity contribution in [3.8, 4) is 0 Å². The van der Waals surface area contributed by atoms with E-state index in [1.807, 2.05) is 0 Å². The maximum atomic E-state index is 10.6. The lowest BCUT2D eigenvalue weighted by Crippen LogP contribution is -2.15. The number of ether oxygens (including phenoxy) is 9. The topological polar surface area (TPSA) is 100 Å². The first-order valence-electron chi connectivity index (χ1n) is 13.5. The van der Waals surface area contributed by atoms with Crippen LogP contribution in [-0.2, 0) is 47.4 Å². The van der Waals surface area contributed by atoms with Gasteiger partial charge in [0.05, 0.1) is 99.1 Å². The quantitative estimate of drug-likeness (QED) is 0.0994. The van der Waals surface area contributed by atoms with Crippen LogP contribution < -0.4 is 0 Å². The maximum absolute atomic E-state index is 10.6. The molecule has 10 heteroatoms. The van der Waals surface area contributed by atoms with Gasteiger partial charge in [-0.15, -0.1) is 0 Å². The summed E-state index contributed by atoms with van der Waals surface area (Å²) in [7, 11) is 0. The fraction of sp³-hybridized carbons (Fsp3) is 0.962. The fourth-order valence-electron chi connectivity index (χ4n) is 2.87. The van der Waals surface area contributed by atoms with Gasteiger partial charge in [0.1, 0.15) is 6.61 Å². The van der Waals surface area contributed by atoms with Crippen LogP contribution in [0, 0.1) is 0 Å². The zero-order valence-corrected chi connectivity index (χ0v) is 22.8. The van der Waals surface area contributed by atoms with Crippen LogP contribution in [0.1, 0.15) is 52.4 Å². The van der Waals surface area contributed by atoms with Gasteiger partial charge in [-0.05, 0) is 6.42 Å². The summed E-state index contributed by atoms with van der Waals surface area (Å²) in [6.45, 7) is 12.5. The molecule has 36 heavy (non-hydrogen) atoms. The second kappa shape index (κ2) is 32.2. The molecule has 0 aliphatic heterocycles. The zero-order valence-electron chi connectivity index (χ0n) is 22.8. The number of rotatable bonds is 31. The van der Waals surface area contributed by atoms with E-state index < -0.39 is 0 Å². The lowest BCUT2D eigenvalue weighted by atomic mass is 10.1. The van der Waals surface area contributed by atoms with Gasteiger partial charge in [-0.1, -0.05) is 39.0 Å². The first-order chi connectivity index (χ1) is 17.8. The Kier molecular flexibility index (Phi) is 31.4. The molecule has 0 amide bonds. The molecular formula is C26H52O10. The van der Waals surface area contributed by atoms with Gasteiger partial charge in [0.25, 0.3) is 0 Å². The Morgan fingerprint density at radius 2 is 0.667 bits per heavy atom. The summed E-state index contributed by atoms with van der Waals surface area (Å²) < 4.78 is 48.2. The molecule has 0 atom stereocenters. The van der Waals surface area contributed by atoms with Crippen molar-refractivity contribution in [3.05, 3.63) is 0 Å². The molecule has 0 radical (unpaired) electrons. The maximum Gasteiger partial charge on any atom is 0.302 e. The van der Waals surface area contributed by atoms with Crippen molar-refractivity contribution in [3.63, 3.8) is 0 Å². The van der Waals surface area contributed by atoms with Crippen LogP contribution in [0.15, 0.2) is 0 Å². The molecule has 216 valence electrons. The summed E-state index contributed by atoms with van der Waals surface area (Å²) in [6, 6.07) is 0. The van der Waals surface area contributed by atoms with E-state index >= 15 is 0 Å². The molecule has 0 aliphatic carbocycles. The van der Waals surface area contributed by atoms with Crippen LogP contribution >= 0.6 is 0 Å². The monoisotopic (exact) mass is 524 g/mol. The molecule has 0 N–H and O–H groups in total. The van der Waals surface area contributed by atoms with Crippen molar-refractivity contribution >= 4 is 5.97 Å². The van der Waals surface area contributed by atoms with Gasteiger partial charge in [0.15, 0.2) is 0 Å². The van der Waals surface area contributed by atoms with E-state index in [-0.39, 0.29) is 12.6 Å². The summed E-state index contributed by atoms with van der Waals surface area (Å²) >= 11 is 0. The standard InChI is InChI=1S/C26H52O10/c1-3-4-5-6-7-8-9-28-10-11-29-12-13-30-14-15-31-16-17-32-18-19-33-20-21-34-22-23-35-24-25-36-26(2)27/h3-25H2,1-2H3. The van der Waals surface area contributed by atoms with Crippen LogP contribution in [0.4, 0.5) is 0 Å². The highest BCUT2D eigenvalue weighted by Gasteiger charge is 1.96. The molecule has 0 saturated carbocycles. The largest absolute Gasteiger partial charge is 0.463 e. The van der Waals surface area contributed by atoms with E-state index in [9.17, 15) is 4.79 Å². The number of hydrogen-bond donors (Lipinski definition) is 0. The molecule has 10 nitrogen and oxygen atoms in total. The molecule has 0 saturated heterocycles. The smallest absolute Gasteiger partial charge is 0.302 e. The van der Waals surface area contributed by atoms with Crippen LogP contribution in [0.5, 0.6) is 0 Å². The van der Waals surface area contributed by atoms with Gasteiger partial charge < -0.3 is 42.6 Å². The van der Waals surface area contributed by atoms with Crippen molar-refractivity contribution in [1.29, 1.82) is 0 Å². The summed E-state index contributed by atoms with van der Waals surface area (Å²) in [5.41, 5.74) is 0. The summed E-state index contributed by atoms with van der Waals surface area (Å²) in [6.07, 6.45) is 7.68. The van der Waals surface area contributed by atoms with Crippen molar-refractivity contribution in [2.75, 3.05) is 112 Å². The third kappa shape index (κ3) is 33.1. The highest BCUT2D eigenvalue weighted by atomic mass is 16.6. The van der Waals surface area contributed by atoms with Crippen LogP contribution in [0.25, 0.3) is 0 Å². The van der Waals surface area contributed by atoms with Crippen molar-refractivity contribution < 1.29 is 47.4 Å². The van der Waals surface area contributed by atoms with E-state index in [0.717, 1.165) is 13.0 Å². The predicted octanol–water partition coefficient (Wildman–Crippen LogP) is 3.04. The van der Waals surface area contributed by atoms with Crippen molar-refractivity contribution in [2.45, 2.75) is 52.4 Å². The summed E-state index contributed by atoms with van der Waals surface area (Å²) in [5, 5.41) is 0. The molecule has 0 unspecified atom stereocenters. The minimum absolute atomic E-state index is 0.267. The first-order valence-corrected chi connectivity index (χ1v) is 13.5. The number of hydrogen-bond acceptors (Lipinski definition) is 10. The van der Waals surface area contributed by atoms with Crippen LogP contribution in [-0.4, -0.2) is 118 Å². The molecule has 0 aliphatic rings. The first kappa shape index (κ1) is 35.2. The Bertz CT molecular complexity index is 426. The normalized spacial score (nSPS) is 11.3. The third-order valence-electron chi connectivity index (χ3n) is 4.78. The van der Waals surface area contributed by atoms with Gasteiger partial charge in [0, 0.05) is 13.5 Å². The zero-order chi connectivity index (χ0) is 26.2. The fourth-order valence-corrected chi connectivity index (χ4v) is 2.87. The summed E-state index contributed by atoms with van der Waals surface area (Å²) in [5.74, 6) is -0.304. The van der Waals surface area contributed by atoms with Crippen molar-refractivity contribution in [2.24, 2.45) is 0 Å². The number of carbonyl (C=O) groups excluding carboxylic acids is 1. The van der Waals surface area contributed by atoms with E-state index in [1.54, 1.807) is 0 Å². The molecule has 0 bridgehead atoms. The van der Waals surface area contributed by atoms with Crippen molar-refractivity contribution in [1.82, 2.24) is 0 Å². The van der Waals surface area contributed by atoms with E-state index in [2.05, 4.69) is 6.92 Å². The third-order valence-corrected chi connectivity index (χ3v) is 4.78. The lowest BCUT2D eigenvalue weighted by molar-refractivity contribution is -0.142. The van der Waals surface area contributed by atoms with Gasteiger partial charge in [-0.25, -0.2) is 0 Å². The minimum Gasteiger partial charge on any atom is -0.463 e. The molecular weight excluding hydrogens is 472 g/mol. The van der Waals surface area contributed by atoms with E-state index in [1.165, 1.54) is 39.0 Å². The molecule has 0 aromatic heterocycles. The second-order valence-electron chi connectivity index (χ2n) is 8.01. The van der Waals surface area contributed by atoms with E-state index in [4.69, 9.17) is 42.6 Å². The second-order valence-corrected chi connectivity index (χ2v) is 8.01. The van der Waals surface area contributed by atoms with Crippen LogP contribution in [0.2, 0.25) is 0 Å². The highest BCUT2D eigenvalue weighted by Crippen LogP contribution is 2.04. The molecule has 0 rings (SSSR count). The molecule has 0 spiro atoms. The lowest BCUT2D eigenvalue weighted by Gasteiger charge is -2.09. The Labute approximate surface area is 218 Å². The molecule has 0 fully saturated rings. The van der Waals surface area contributed by atoms with Gasteiger partial charge in [0.2, 0.25) is 0 Å². The minimum atomic E-state index is -0.304. The predicted molar refractivity (Wildman–Crippen MR) is 137 cm³/mol. The number of esters is 1. The molecule has 0 aromatic carbocycles.